The summed E-state index contributed by atoms with van der Waals surface area (Å²) in [6.07, 6.45) is 1.69. The normalized spacial score (nSPS) is 10.6. The van der Waals surface area contributed by atoms with E-state index < -0.39 is 0 Å². The molecular weight excluding hydrogens is 392 g/mol. The van der Waals surface area contributed by atoms with E-state index in [-0.39, 0.29) is 0 Å². The van der Waals surface area contributed by atoms with Gasteiger partial charge in [-0.25, -0.2) is 9.67 Å². The molecule has 0 saturated carbocycles. The third kappa shape index (κ3) is 4.58. The monoisotopic (exact) mass is 416 g/mol. The summed E-state index contributed by atoms with van der Waals surface area (Å²) in [6, 6.07) is 17.5. The van der Waals surface area contributed by atoms with Crippen molar-refractivity contribution in [2.45, 2.75) is 13.8 Å². The predicted octanol–water partition coefficient (Wildman–Crippen LogP) is 4.78. The molecule has 0 unspecified atom stereocenters. The average Bonchev–Trinajstić information content (AvgIpc) is 3.14. The summed E-state index contributed by atoms with van der Waals surface area (Å²) in [5.41, 5.74) is 3.86. The maximum atomic E-state index is 5.35. The fourth-order valence-corrected chi connectivity index (χ4v) is 3.13. The van der Waals surface area contributed by atoms with Crippen molar-refractivity contribution >= 4 is 23.3 Å². The summed E-state index contributed by atoms with van der Waals surface area (Å²) in [5, 5.41) is 11.1. The molecular formula is C23H24N6O2. The van der Waals surface area contributed by atoms with Gasteiger partial charge in [0, 0.05) is 24.0 Å². The largest absolute Gasteiger partial charge is 0.493 e. The standard InChI is InChI=1S/C23H24N6O2/c1-15-5-8-18(9-6-15)29-22(13-16(2)28-29)26-21-11-12-24-23(27-21)25-17-7-10-19(30-3)20(14-17)31-4/h5-14H,1-4H3,(H2,24,25,26,27). The van der Waals surface area contributed by atoms with Gasteiger partial charge in [-0.05, 0) is 44.2 Å². The fraction of sp³-hybridized carbons (Fsp3) is 0.174. The van der Waals surface area contributed by atoms with Crippen molar-refractivity contribution in [3.05, 3.63) is 72.1 Å². The van der Waals surface area contributed by atoms with Gasteiger partial charge in [-0.2, -0.15) is 10.1 Å². The number of ether oxygens (including phenoxy) is 2. The molecule has 0 aliphatic rings. The van der Waals surface area contributed by atoms with E-state index in [4.69, 9.17) is 9.47 Å². The van der Waals surface area contributed by atoms with Crippen molar-refractivity contribution in [1.82, 2.24) is 19.7 Å². The molecule has 0 atom stereocenters. The molecule has 0 spiro atoms. The lowest BCUT2D eigenvalue weighted by molar-refractivity contribution is 0.355. The van der Waals surface area contributed by atoms with Crippen LogP contribution in [0.2, 0.25) is 0 Å². The van der Waals surface area contributed by atoms with Gasteiger partial charge in [-0.3, -0.25) is 0 Å². The second-order valence-electron chi connectivity index (χ2n) is 7.00. The van der Waals surface area contributed by atoms with Gasteiger partial charge in [0.1, 0.15) is 11.6 Å². The Balaban J connectivity index is 1.57. The van der Waals surface area contributed by atoms with Crippen molar-refractivity contribution in [1.29, 1.82) is 0 Å². The Hall–Kier alpha value is -4.07. The van der Waals surface area contributed by atoms with Crippen LogP contribution in [0.5, 0.6) is 11.5 Å². The van der Waals surface area contributed by atoms with Crippen molar-refractivity contribution in [3.8, 4) is 17.2 Å². The van der Waals surface area contributed by atoms with E-state index >= 15 is 0 Å². The summed E-state index contributed by atoms with van der Waals surface area (Å²) in [6.45, 7) is 4.02. The lowest BCUT2D eigenvalue weighted by Crippen LogP contribution is -2.05. The molecule has 158 valence electrons. The third-order valence-electron chi connectivity index (χ3n) is 4.66. The zero-order chi connectivity index (χ0) is 21.8. The zero-order valence-electron chi connectivity index (χ0n) is 17.9. The Morgan fingerprint density at radius 3 is 2.35 bits per heavy atom. The highest BCUT2D eigenvalue weighted by molar-refractivity contribution is 5.62. The average molecular weight is 416 g/mol. The van der Waals surface area contributed by atoms with E-state index in [9.17, 15) is 0 Å². The number of hydrogen-bond donors (Lipinski definition) is 2. The second-order valence-corrected chi connectivity index (χ2v) is 7.00. The van der Waals surface area contributed by atoms with Gasteiger partial charge < -0.3 is 20.1 Å². The highest BCUT2D eigenvalue weighted by Crippen LogP contribution is 2.30. The van der Waals surface area contributed by atoms with Crippen LogP contribution in [-0.2, 0) is 0 Å². The summed E-state index contributed by atoms with van der Waals surface area (Å²) >= 11 is 0. The van der Waals surface area contributed by atoms with Crippen LogP contribution in [0.3, 0.4) is 0 Å². The van der Waals surface area contributed by atoms with E-state index in [1.54, 1.807) is 20.4 Å². The fourth-order valence-electron chi connectivity index (χ4n) is 3.13. The van der Waals surface area contributed by atoms with Crippen LogP contribution in [0.4, 0.5) is 23.3 Å². The predicted molar refractivity (Wildman–Crippen MR) is 121 cm³/mol. The summed E-state index contributed by atoms with van der Waals surface area (Å²) in [5.74, 6) is 3.20. The van der Waals surface area contributed by atoms with Crippen LogP contribution in [0.1, 0.15) is 11.3 Å². The van der Waals surface area contributed by atoms with E-state index in [1.807, 2.05) is 54.1 Å². The maximum Gasteiger partial charge on any atom is 0.229 e. The van der Waals surface area contributed by atoms with Gasteiger partial charge in [-0.1, -0.05) is 17.7 Å². The van der Waals surface area contributed by atoms with Crippen LogP contribution < -0.4 is 20.1 Å². The van der Waals surface area contributed by atoms with Gasteiger partial charge in [0.2, 0.25) is 5.95 Å². The van der Waals surface area contributed by atoms with Gasteiger partial charge in [0.25, 0.3) is 0 Å². The van der Waals surface area contributed by atoms with Crippen LogP contribution in [0.15, 0.2) is 60.8 Å². The van der Waals surface area contributed by atoms with E-state index in [0.29, 0.717) is 23.3 Å². The van der Waals surface area contributed by atoms with Crippen LogP contribution in [0.25, 0.3) is 5.69 Å². The first-order chi connectivity index (χ1) is 15.1. The summed E-state index contributed by atoms with van der Waals surface area (Å²) < 4.78 is 12.5. The van der Waals surface area contributed by atoms with Crippen molar-refractivity contribution in [2.24, 2.45) is 0 Å². The van der Waals surface area contributed by atoms with Gasteiger partial charge in [0.15, 0.2) is 11.5 Å². The molecule has 2 aromatic carbocycles. The molecule has 8 nitrogen and oxygen atoms in total. The molecule has 0 amide bonds. The topological polar surface area (TPSA) is 86.1 Å². The third-order valence-corrected chi connectivity index (χ3v) is 4.66. The summed E-state index contributed by atoms with van der Waals surface area (Å²) in [4.78, 5) is 8.89. The summed E-state index contributed by atoms with van der Waals surface area (Å²) in [7, 11) is 3.20. The molecule has 4 aromatic rings. The van der Waals surface area contributed by atoms with Crippen molar-refractivity contribution in [2.75, 3.05) is 24.9 Å². The quantitative estimate of drug-likeness (QED) is 0.448. The number of aromatic nitrogens is 4. The SMILES string of the molecule is COc1ccc(Nc2nccc(Nc3cc(C)nn3-c3ccc(C)cc3)n2)cc1OC. The number of hydrogen-bond acceptors (Lipinski definition) is 7. The number of nitrogens with zero attached hydrogens (tertiary/aromatic N) is 4. The van der Waals surface area contributed by atoms with Gasteiger partial charge in [-0.15, -0.1) is 0 Å². The van der Waals surface area contributed by atoms with Crippen LogP contribution in [0, 0.1) is 13.8 Å². The minimum absolute atomic E-state index is 0.454. The number of rotatable bonds is 7. The number of nitrogens with one attached hydrogen (secondary N) is 2. The van der Waals surface area contributed by atoms with E-state index in [1.165, 1.54) is 5.56 Å². The number of benzene rings is 2. The molecule has 0 fully saturated rings. The first-order valence-corrected chi connectivity index (χ1v) is 9.78. The van der Waals surface area contributed by atoms with Crippen LogP contribution in [-0.4, -0.2) is 34.0 Å². The highest BCUT2D eigenvalue weighted by atomic mass is 16.5. The molecule has 2 aromatic heterocycles. The molecule has 2 heterocycles. The lowest BCUT2D eigenvalue weighted by atomic mass is 10.2. The number of methoxy groups -OCH3 is 2. The van der Waals surface area contributed by atoms with Crippen LogP contribution >= 0.6 is 0 Å². The molecule has 8 heteroatoms. The minimum Gasteiger partial charge on any atom is -0.493 e. The number of anilines is 4. The molecule has 0 radical (unpaired) electrons. The Kier molecular flexibility index (Phi) is 5.70. The number of aryl methyl sites for hydroxylation is 2. The Labute approximate surface area is 180 Å². The zero-order valence-corrected chi connectivity index (χ0v) is 17.9. The van der Waals surface area contributed by atoms with E-state index in [2.05, 4.69) is 44.8 Å². The van der Waals surface area contributed by atoms with Crippen molar-refractivity contribution in [3.63, 3.8) is 0 Å². The second kappa shape index (κ2) is 8.74. The minimum atomic E-state index is 0.454. The Morgan fingerprint density at radius 2 is 1.61 bits per heavy atom. The highest BCUT2D eigenvalue weighted by Gasteiger charge is 2.10. The molecule has 31 heavy (non-hydrogen) atoms. The Bertz CT molecular complexity index is 1190. The maximum absolute atomic E-state index is 5.35. The first kappa shape index (κ1) is 20.2. The molecule has 0 saturated heterocycles. The molecule has 4 rings (SSSR count). The molecule has 0 aliphatic carbocycles. The molecule has 2 N–H and O–H groups in total. The lowest BCUT2D eigenvalue weighted by Gasteiger charge is -2.12. The van der Waals surface area contributed by atoms with Gasteiger partial charge in [0.05, 0.1) is 25.6 Å². The Morgan fingerprint density at radius 1 is 0.839 bits per heavy atom. The van der Waals surface area contributed by atoms with Crippen molar-refractivity contribution < 1.29 is 9.47 Å². The molecule has 0 aliphatic heterocycles. The first-order valence-electron chi connectivity index (χ1n) is 9.78. The smallest absolute Gasteiger partial charge is 0.229 e. The molecule has 0 bridgehead atoms. The van der Waals surface area contributed by atoms with E-state index in [0.717, 1.165) is 22.9 Å². The van der Waals surface area contributed by atoms with Gasteiger partial charge >= 0.3 is 0 Å².